The highest BCUT2D eigenvalue weighted by Gasteiger charge is 2.48. The Kier molecular flexibility index (Phi) is 5.76. The van der Waals surface area contributed by atoms with Gasteiger partial charge in [-0.3, -0.25) is 4.79 Å². The molecule has 6 nitrogen and oxygen atoms in total. The monoisotopic (exact) mass is 405 g/mol. The van der Waals surface area contributed by atoms with Crippen LogP contribution in [0.2, 0.25) is 0 Å². The first-order valence-electron chi connectivity index (χ1n) is 10.6. The summed E-state index contributed by atoms with van der Waals surface area (Å²) in [5, 5.41) is 0. The van der Waals surface area contributed by atoms with Crippen LogP contribution in [-0.4, -0.2) is 67.1 Å². The molecule has 2 heterocycles. The van der Waals surface area contributed by atoms with Crippen LogP contribution in [0.25, 0.3) is 0 Å². The smallest absolute Gasteiger partial charge is 0.282 e. The Bertz CT molecular complexity index is 776. The lowest BCUT2D eigenvalue weighted by Gasteiger charge is -2.46. The molecule has 2 aliphatic heterocycles. The molecule has 1 saturated carbocycles. The van der Waals surface area contributed by atoms with Crippen molar-refractivity contribution in [1.82, 2.24) is 13.5 Å². The van der Waals surface area contributed by atoms with Crippen molar-refractivity contribution in [2.45, 2.75) is 50.4 Å². The predicted molar refractivity (Wildman–Crippen MR) is 109 cm³/mol. The number of hydrogen-bond donors (Lipinski definition) is 0. The van der Waals surface area contributed by atoms with Gasteiger partial charge in [0.05, 0.1) is 5.41 Å². The SMILES string of the molecule is O=C(N1CCN(S(=O)(=O)N2CCCCCC2)CC1)C1(c2ccccc2)CCC1. The minimum Gasteiger partial charge on any atom is -0.339 e. The van der Waals surface area contributed by atoms with E-state index in [1.54, 1.807) is 8.61 Å². The fourth-order valence-corrected chi connectivity index (χ4v) is 6.44. The summed E-state index contributed by atoms with van der Waals surface area (Å²) in [6.07, 6.45) is 6.95. The van der Waals surface area contributed by atoms with E-state index in [0.29, 0.717) is 39.3 Å². The fraction of sp³-hybridized carbons (Fsp3) is 0.667. The maximum Gasteiger partial charge on any atom is 0.282 e. The first-order chi connectivity index (χ1) is 13.5. The zero-order chi connectivity index (χ0) is 19.6. The van der Waals surface area contributed by atoms with E-state index in [1.165, 1.54) is 0 Å². The zero-order valence-corrected chi connectivity index (χ0v) is 17.4. The molecule has 0 spiro atoms. The average Bonchev–Trinajstić information content (AvgIpc) is 2.98. The molecule has 28 heavy (non-hydrogen) atoms. The van der Waals surface area contributed by atoms with Crippen LogP contribution in [0.5, 0.6) is 0 Å². The Morgan fingerprint density at radius 3 is 1.86 bits per heavy atom. The molecule has 0 aromatic heterocycles. The second-order valence-corrected chi connectivity index (χ2v) is 10.2. The summed E-state index contributed by atoms with van der Waals surface area (Å²) in [5.41, 5.74) is 0.707. The van der Waals surface area contributed by atoms with E-state index in [2.05, 4.69) is 12.1 Å². The Balaban J connectivity index is 1.42. The number of hydrogen-bond acceptors (Lipinski definition) is 3. The molecule has 7 heteroatoms. The number of carbonyl (C=O) groups is 1. The highest BCUT2D eigenvalue weighted by atomic mass is 32.2. The van der Waals surface area contributed by atoms with Gasteiger partial charge in [0, 0.05) is 39.3 Å². The predicted octanol–water partition coefficient (Wildman–Crippen LogP) is 2.37. The van der Waals surface area contributed by atoms with Crippen LogP contribution in [-0.2, 0) is 20.4 Å². The summed E-state index contributed by atoms with van der Waals surface area (Å²) in [5.74, 6) is 0.178. The van der Waals surface area contributed by atoms with Crippen LogP contribution < -0.4 is 0 Å². The topological polar surface area (TPSA) is 60.9 Å². The van der Waals surface area contributed by atoms with Crippen LogP contribution in [0.4, 0.5) is 0 Å². The number of benzene rings is 1. The third kappa shape index (κ3) is 3.60. The number of nitrogens with zero attached hydrogens (tertiary/aromatic N) is 3. The average molecular weight is 406 g/mol. The quantitative estimate of drug-likeness (QED) is 0.773. The van der Waals surface area contributed by atoms with Crippen LogP contribution in [0, 0.1) is 0 Å². The Hall–Kier alpha value is -1.44. The molecule has 1 aliphatic carbocycles. The van der Waals surface area contributed by atoms with Gasteiger partial charge in [-0.15, -0.1) is 0 Å². The van der Waals surface area contributed by atoms with E-state index in [9.17, 15) is 13.2 Å². The van der Waals surface area contributed by atoms with Gasteiger partial charge in [0.15, 0.2) is 0 Å². The molecule has 1 aromatic carbocycles. The lowest BCUT2D eigenvalue weighted by atomic mass is 9.63. The summed E-state index contributed by atoms with van der Waals surface area (Å²) >= 11 is 0. The van der Waals surface area contributed by atoms with Crippen LogP contribution in [0.15, 0.2) is 30.3 Å². The molecular weight excluding hydrogens is 374 g/mol. The van der Waals surface area contributed by atoms with Crippen molar-refractivity contribution in [3.8, 4) is 0 Å². The molecule has 154 valence electrons. The van der Waals surface area contributed by atoms with Gasteiger partial charge in [-0.2, -0.15) is 17.0 Å². The molecule has 2 saturated heterocycles. The van der Waals surface area contributed by atoms with Crippen LogP contribution in [0.3, 0.4) is 0 Å². The Labute approximate surface area is 168 Å². The summed E-state index contributed by atoms with van der Waals surface area (Å²) in [7, 11) is -3.41. The molecule has 0 atom stereocenters. The van der Waals surface area contributed by atoms with Gasteiger partial charge < -0.3 is 4.90 Å². The van der Waals surface area contributed by atoms with Crippen LogP contribution >= 0.6 is 0 Å². The third-order valence-corrected chi connectivity index (χ3v) is 8.72. The van der Waals surface area contributed by atoms with Gasteiger partial charge >= 0.3 is 0 Å². The minimum absolute atomic E-state index is 0.178. The van der Waals surface area contributed by atoms with Gasteiger partial charge in [-0.05, 0) is 31.2 Å². The molecule has 0 radical (unpaired) electrons. The van der Waals surface area contributed by atoms with Crippen molar-refractivity contribution in [1.29, 1.82) is 0 Å². The maximum atomic E-state index is 13.4. The molecular formula is C21H31N3O3S. The van der Waals surface area contributed by atoms with Gasteiger partial charge in [0.25, 0.3) is 10.2 Å². The van der Waals surface area contributed by atoms with Crippen molar-refractivity contribution in [3.63, 3.8) is 0 Å². The van der Waals surface area contributed by atoms with Crippen molar-refractivity contribution >= 4 is 16.1 Å². The summed E-state index contributed by atoms with van der Waals surface area (Å²) in [6.45, 7) is 3.02. The number of carbonyl (C=O) groups excluding carboxylic acids is 1. The number of rotatable bonds is 4. The van der Waals surface area contributed by atoms with Gasteiger partial charge in [-0.25, -0.2) is 0 Å². The molecule has 0 bridgehead atoms. The summed E-state index contributed by atoms with van der Waals surface area (Å²) in [6, 6.07) is 10.1. The molecule has 3 aliphatic rings. The minimum atomic E-state index is -3.41. The standard InChI is InChI=1S/C21H31N3O3S/c25-20(21(11-8-12-21)19-9-4-3-5-10-19)22-15-17-24(18-16-22)28(26,27)23-13-6-1-2-7-14-23/h3-5,9-10H,1-2,6-8,11-18H2. The highest BCUT2D eigenvalue weighted by Crippen LogP contribution is 2.45. The van der Waals surface area contributed by atoms with E-state index in [0.717, 1.165) is 50.5 Å². The first-order valence-corrected chi connectivity index (χ1v) is 12.0. The van der Waals surface area contributed by atoms with Gasteiger partial charge in [0.2, 0.25) is 5.91 Å². The Morgan fingerprint density at radius 2 is 1.32 bits per heavy atom. The Morgan fingerprint density at radius 1 is 0.750 bits per heavy atom. The third-order valence-electron chi connectivity index (χ3n) is 6.69. The lowest BCUT2D eigenvalue weighted by Crippen LogP contribution is -2.58. The lowest BCUT2D eigenvalue weighted by molar-refractivity contribution is -0.142. The van der Waals surface area contributed by atoms with E-state index < -0.39 is 15.6 Å². The summed E-state index contributed by atoms with van der Waals surface area (Å²) in [4.78, 5) is 15.2. The van der Waals surface area contributed by atoms with E-state index in [-0.39, 0.29) is 5.91 Å². The van der Waals surface area contributed by atoms with Gasteiger partial charge in [-0.1, -0.05) is 49.6 Å². The zero-order valence-electron chi connectivity index (χ0n) is 16.6. The normalized spacial score (nSPS) is 24.4. The maximum absolute atomic E-state index is 13.4. The van der Waals surface area contributed by atoms with Crippen molar-refractivity contribution in [3.05, 3.63) is 35.9 Å². The molecule has 3 fully saturated rings. The van der Waals surface area contributed by atoms with Crippen molar-refractivity contribution in [2.75, 3.05) is 39.3 Å². The van der Waals surface area contributed by atoms with Crippen molar-refractivity contribution in [2.24, 2.45) is 0 Å². The van der Waals surface area contributed by atoms with Gasteiger partial charge in [0.1, 0.15) is 0 Å². The molecule has 0 unspecified atom stereocenters. The van der Waals surface area contributed by atoms with Crippen molar-refractivity contribution < 1.29 is 13.2 Å². The first kappa shape index (κ1) is 19.9. The second-order valence-electron chi connectivity index (χ2n) is 8.31. The van der Waals surface area contributed by atoms with Crippen LogP contribution in [0.1, 0.15) is 50.5 Å². The molecule has 1 amide bonds. The van der Waals surface area contributed by atoms with E-state index in [4.69, 9.17) is 0 Å². The highest BCUT2D eigenvalue weighted by molar-refractivity contribution is 7.86. The largest absolute Gasteiger partial charge is 0.339 e. The fourth-order valence-electron chi connectivity index (χ4n) is 4.77. The molecule has 0 N–H and O–H groups in total. The number of piperazine rings is 1. The second kappa shape index (κ2) is 8.13. The van der Waals surface area contributed by atoms with E-state index >= 15 is 0 Å². The molecule has 4 rings (SSSR count). The molecule has 1 aromatic rings. The number of amides is 1. The van der Waals surface area contributed by atoms with E-state index in [1.807, 2.05) is 23.1 Å². The summed E-state index contributed by atoms with van der Waals surface area (Å²) < 4.78 is 29.2.